The van der Waals surface area contributed by atoms with E-state index in [1.54, 1.807) is 0 Å². The van der Waals surface area contributed by atoms with Gasteiger partial charge >= 0.3 is 0 Å². The molecule has 0 unspecified atom stereocenters. The molecular formula is C63H53N5O. The molecule has 69 heavy (non-hydrogen) atoms. The van der Waals surface area contributed by atoms with E-state index >= 15 is 0 Å². The molecule has 1 aliphatic heterocycles. The van der Waals surface area contributed by atoms with Crippen LogP contribution >= 0.6 is 0 Å². The molecule has 0 saturated carbocycles. The summed E-state index contributed by atoms with van der Waals surface area (Å²) >= 11 is 0. The first-order valence-electron chi connectivity index (χ1n) is 23.9. The minimum absolute atomic E-state index is 0.0651. The molecular weight excluding hydrogens is 843 g/mol. The Morgan fingerprint density at radius 2 is 1.10 bits per heavy atom. The second kappa shape index (κ2) is 16.5. The first-order chi connectivity index (χ1) is 33.6. The highest BCUT2D eigenvalue weighted by atomic mass is 16.5. The predicted octanol–water partition coefficient (Wildman–Crippen LogP) is 16.1. The number of aromatic nitrogens is 3. The molecule has 0 aliphatic carbocycles. The Labute approximate surface area is 403 Å². The number of aryl methyl sites for hydroxylation is 3. The van der Waals surface area contributed by atoms with Gasteiger partial charge in [0.25, 0.3) is 0 Å². The van der Waals surface area contributed by atoms with Crippen molar-refractivity contribution in [3.8, 4) is 23.0 Å². The highest BCUT2D eigenvalue weighted by molar-refractivity contribution is 6.26. The largest absolute Gasteiger partial charge is 0.457 e. The van der Waals surface area contributed by atoms with Crippen LogP contribution < -0.4 is 14.5 Å². The summed E-state index contributed by atoms with van der Waals surface area (Å²) in [6.45, 7) is 14.0. The second-order valence-corrected chi connectivity index (χ2v) is 19.5. The predicted molar refractivity (Wildman–Crippen MR) is 288 cm³/mol. The molecule has 11 aromatic rings. The Morgan fingerprint density at radius 1 is 0.478 bits per heavy atom. The topological polar surface area (TPSA) is 38.5 Å². The van der Waals surface area contributed by atoms with Gasteiger partial charge in [-0.25, -0.2) is 4.98 Å². The van der Waals surface area contributed by atoms with Gasteiger partial charge in [-0.3, -0.25) is 4.57 Å². The fraction of sp³-hybridized carbons (Fsp3) is 0.127. The van der Waals surface area contributed by atoms with Crippen LogP contribution in [0.3, 0.4) is 0 Å². The maximum Gasteiger partial charge on any atom is 0.137 e. The first kappa shape index (κ1) is 42.0. The maximum absolute atomic E-state index is 7.00. The van der Waals surface area contributed by atoms with Crippen molar-refractivity contribution in [1.29, 1.82) is 0 Å². The minimum atomic E-state index is -0.0651. The zero-order valence-corrected chi connectivity index (χ0v) is 39.9. The average Bonchev–Trinajstić information content (AvgIpc) is 4.02. The Hall–Kier alpha value is -8.35. The molecule has 4 heterocycles. The van der Waals surface area contributed by atoms with Crippen molar-refractivity contribution in [3.63, 3.8) is 0 Å². The van der Waals surface area contributed by atoms with Crippen LogP contribution in [0.1, 0.15) is 54.2 Å². The molecule has 1 aliphatic rings. The van der Waals surface area contributed by atoms with Crippen molar-refractivity contribution in [2.75, 3.05) is 16.5 Å². The summed E-state index contributed by atoms with van der Waals surface area (Å²) in [6, 6.07) is 69.7. The second-order valence-electron chi connectivity index (χ2n) is 19.5. The fourth-order valence-electron chi connectivity index (χ4n) is 10.9. The number of anilines is 2. The van der Waals surface area contributed by atoms with Crippen LogP contribution in [0.2, 0.25) is 0 Å². The van der Waals surface area contributed by atoms with Crippen molar-refractivity contribution in [2.24, 2.45) is 0 Å². The van der Waals surface area contributed by atoms with Crippen molar-refractivity contribution in [3.05, 3.63) is 234 Å². The number of hydrogen-bond acceptors (Lipinski definition) is 4. The van der Waals surface area contributed by atoms with E-state index in [2.05, 4.69) is 255 Å². The number of nitrogens with zero attached hydrogens (tertiary/aromatic N) is 5. The molecule has 0 fully saturated rings. The summed E-state index contributed by atoms with van der Waals surface area (Å²) in [7, 11) is 0. The molecule has 0 N–H and O–H groups in total. The van der Waals surface area contributed by atoms with Gasteiger partial charge in [0.2, 0.25) is 0 Å². The smallest absolute Gasteiger partial charge is 0.137 e. The number of hydrogen-bond donors (Lipinski definition) is 0. The third kappa shape index (κ3) is 7.14. The monoisotopic (exact) mass is 895 g/mol. The van der Waals surface area contributed by atoms with Crippen LogP contribution in [0.25, 0.3) is 66.5 Å². The van der Waals surface area contributed by atoms with E-state index in [1.165, 1.54) is 66.4 Å². The van der Waals surface area contributed by atoms with Gasteiger partial charge in [0.05, 0.1) is 33.5 Å². The number of rotatable bonds is 8. The minimum Gasteiger partial charge on any atom is -0.457 e. The van der Waals surface area contributed by atoms with Gasteiger partial charge in [-0.1, -0.05) is 148 Å². The summed E-state index contributed by atoms with van der Waals surface area (Å²) in [5.41, 5.74) is 17.4. The molecule has 0 saturated heterocycles. The highest BCUT2D eigenvalue weighted by Crippen LogP contribution is 2.47. The summed E-state index contributed by atoms with van der Waals surface area (Å²) in [4.78, 5) is 10.0. The van der Waals surface area contributed by atoms with Gasteiger partial charge in [-0.15, -0.1) is 0 Å². The van der Waals surface area contributed by atoms with E-state index in [0.717, 1.165) is 56.4 Å². The van der Waals surface area contributed by atoms with E-state index in [-0.39, 0.29) is 5.41 Å². The third-order valence-electron chi connectivity index (χ3n) is 13.8. The molecule has 12 rings (SSSR count). The highest BCUT2D eigenvalue weighted by Gasteiger charge is 2.34. The Bertz CT molecular complexity index is 3780. The lowest BCUT2D eigenvalue weighted by molar-refractivity contribution is 0.483. The molecule has 3 aromatic heterocycles. The Kier molecular flexibility index (Phi) is 10.0. The van der Waals surface area contributed by atoms with E-state index in [0.29, 0.717) is 6.67 Å². The molecule has 0 atom stereocenters. The lowest BCUT2D eigenvalue weighted by atomic mass is 9.88. The normalized spacial score (nSPS) is 13.2. The average molecular weight is 896 g/mol. The molecule has 8 aromatic carbocycles. The number of fused-ring (bicyclic) bond motifs is 7. The summed E-state index contributed by atoms with van der Waals surface area (Å²) in [5, 5.41) is 4.73. The summed E-state index contributed by atoms with van der Waals surface area (Å²) < 4.78 is 11.7. The molecule has 0 bridgehead atoms. The SMILES string of the molecule is Cc1cc(C)c(N2CN(c3cccc(Oc4ccc5c6c(ccc7c8ccccc8n(-c8ccccc8)c76)n(-c6cc(C(C)(C)C)ccn6)c5c4)c3)C(c3ccccc3)=C2c2ccccc2)c(C)c1. The Morgan fingerprint density at radius 3 is 1.81 bits per heavy atom. The van der Waals surface area contributed by atoms with E-state index in [1.807, 2.05) is 6.20 Å². The van der Waals surface area contributed by atoms with Crippen LogP contribution in [0.15, 0.2) is 200 Å². The van der Waals surface area contributed by atoms with Crippen LogP contribution in [-0.4, -0.2) is 20.8 Å². The summed E-state index contributed by atoms with van der Waals surface area (Å²) in [5.74, 6) is 2.37. The quantitative estimate of drug-likeness (QED) is 0.152. The first-order valence-corrected chi connectivity index (χ1v) is 23.9. The molecule has 336 valence electrons. The standard InChI is InChI=1S/C63H53N5O/c1-41-35-42(2)59(43(3)36-41)66-40-65(60(44-19-10-7-11-20-44)61(66)45-21-12-8-13-22-45)48-25-18-26-49(38-48)69-50-29-30-53-56(39-50)68(57-37-46(33-34-64-57)63(4,5)6)55-32-31-52-51-27-16-17-28-54(51)67(62(52)58(53)55)47-23-14-9-15-24-47/h7-39H,40H2,1-6H3. The van der Waals surface area contributed by atoms with Crippen LogP contribution in [-0.2, 0) is 5.41 Å². The molecule has 0 radical (unpaired) electrons. The van der Waals surface area contributed by atoms with Crippen molar-refractivity contribution in [2.45, 2.75) is 47.0 Å². The van der Waals surface area contributed by atoms with Gasteiger partial charge in [0, 0.05) is 68.1 Å². The molecule has 6 heteroatoms. The summed E-state index contributed by atoms with van der Waals surface area (Å²) in [6.07, 6.45) is 1.95. The fourth-order valence-corrected chi connectivity index (χ4v) is 10.9. The van der Waals surface area contributed by atoms with E-state index < -0.39 is 0 Å². The van der Waals surface area contributed by atoms with Gasteiger partial charge in [0.1, 0.15) is 24.0 Å². The zero-order chi connectivity index (χ0) is 47.0. The van der Waals surface area contributed by atoms with Crippen molar-refractivity contribution >= 4 is 66.4 Å². The third-order valence-corrected chi connectivity index (χ3v) is 13.8. The lowest BCUT2D eigenvalue weighted by Gasteiger charge is -2.28. The molecule has 0 amide bonds. The maximum atomic E-state index is 7.00. The van der Waals surface area contributed by atoms with Gasteiger partial charge in [-0.05, 0) is 104 Å². The number of pyridine rings is 1. The molecule has 6 nitrogen and oxygen atoms in total. The Balaban J connectivity index is 1.03. The number of para-hydroxylation sites is 2. The van der Waals surface area contributed by atoms with E-state index in [9.17, 15) is 0 Å². The number of benzene rings is 8. The number of ether oxygens (including phenoxy) is 1. The van der Waals surface area contributed by atoms with Crippen LogP contribution in [0.5, 0.6) is 11.5 Å². The van der Waals surface area contributed by atoms with Crippen molar-refractivity contribution < 1.29 is 4.74 Å². The van der Waals surface area contributed by atoms with Crippen LogP contribution in [0, 0.1) is 20.8 Å². The van der Waals surface area contributed by atoms with Gasteiger partial charge in [-0.2, -0.15) is 0 Å². The van der Waals surface area contributed by atoms with Gasteiger partial charge in [0.15, 0.2) is 0 Å². The zero-order valence-electron chi connectivity index (χ0n) is 39.9. The van der Waals surface area contributed by atoms with Crippen LogP contribution in [0.4, 0.5) is 11.4 Å². The van der Waals surface area contributed by atoms with Gasteiger partial charge < -0.3 is 19.1 Å². The van der Waals surface area contributed by atoms with Crippen molar-refractivity contribution in [1.82, 2.24) is 14.1 Å². The lowest BCUT2D eigenvalue weighted by Crippen LogP contribution is -2.28. The molecule has 0 spiro atoms. The van der Waals surface area contributed by atoms with E-state index in [4.69, 9.17) is 9.72 Å².